The topological polar surface area (TPSA) is 135 Å². The van der Waals surface area contributed by atoms with Crippen LogP contribution >= 0.6 is 11.6 Å². The first-order valence-electron chi connectivity index (χ1n) is 14.6. The Morgan fingerprint density at radius 1 is 0.957 bits per heavy atom. The van der Waals surface area contributed by atoms with Gasteiger partial charge in [-0.3, -0.25) is 19.2 Å². The number of carbonyl (C=O) groups excluding carboxylic acids is 4. The fraction of sp³-hybridized carbons (Fsp3) is 0.176. The number of anilines is 1. The highest BCUT2D eigenvalue weighted by molar-refractivity contribution is 6.34. The van der Waals surface area contributed by atoms with Crippen molar-refractivity contribution in [3.8, 4) is 0 Å². The number of carbonyl (C=O) groups is 4. The summed E-state index contributed by atoms with van der Waals surface area (Å²) < 4.78 is 28.3. The quantitative estimate of drug-likeness (QED) is 0.182. The number of fused-ring (bicyclic) bond motifs is 2. The molecular weight excluding hydrogens is 630 g/mol. The van der Waals surface area contributed by atoms with Gasteiger partial charge < -0.3 is 16.0 Å². The van der Waals surface area contributed by atoms with Crippen LogP contribution in [0, 0.1) is 18.6 Å². The van der Waals surface area contributed by atoms with E-state index in [2.05, 4.69) is 26.0 Å². The molecule has 0 unspecified atom stereocenters. The minimum Gasteiger partial charge on any atom is -0.347 e. The first-order valence-corrected chi connectivity index (χ1v) is 15.0. The lowest BCUT2D eigenvalue weighted by atomic mass is 9.96. The van der Waals surface area contributed by atoms with Crippen LogP contribution < -0.4 is 16.0 Å². The summed E-state index contributed by atoms with van der Waals surface area (Å²) >= 11 is 6.22. The van der Waals surface area contributed by atoms with E-state index in [0.717, 1.165) is 28.8 Å². The van der Waals surface area contributed by atoms with Gasteiger partial charge in [0.25, 0.3) is 17.7 Å². The van der Waals surface area contributed by atoms with Gasteiger partial charge >= 0.3 is 0 Å². The minimum atomic E-state index is -1.06. The normalized spacial score (nSPS) is 13.7. The van der Waals surface area contributed by atoms with E-state index in [9.17, 15) is 28.0 Å². The molecule has 0 aliphatic heterocycles. The number of ketones is 1. The lowest BCUT2D eigenvalue weighted by Gasteiger charge is -2.16. The van der Waals surface area contributed by atoms with Crippen LogP contribution in [0.25, 0.3) is 5.65 Å². The number of amides is 3. The molecule has 10 nitrogen and oxygen atoms in total. The SMILES string of the molecule is CC(=O)c1ccc2c(c1C)CC[C@@H]2NC(=O)c1cc(C(=O)NCc2ccc(F)c(F)c2)nc2c(C(=O)Nc3ccccc3Cl)cnn12. The van der Waals surface area contributed by atoms with E-state index in [-0.39, 0.29) is 41.0 Å². The van der Waals surface area contributed by atoms with Gasteiger partial charge in [-0.05, 0) is 73.2 Å². The third kappa shape index (κ3) is 6.19. The van der Waals surface area contributed by atoms with Crippen molar-refractivity contribution in [1.29, 1.82) is 0 Å². The molecule has 2 aromatic heterocycles. The van der Waals surface area contributed by atoms with E-state index in [1.54, 1.807) is 30.3 Å². The molecule has 1 aliphatic rings. The smallest absolute Gasteiger partial charge is 0.270 e. The average Bonchev–Trinajstić information content (AvgIpc) is 3.67. The lowest BCUT2D eigenvalue weighted by Crippen LogP contribution is -2.31. The van der Waals surface area contributed by atoms with Gasteiger partial charge in [-0.2, -0.15) is 5.10 Å². The fourth-order valence-electron chi connectivity index (χ4n) is 5.72. The molecule has 0 fully saturated rings. The highest BCUT2D eigenvalue weighted by Crippen LogP contribution is 2.35. The van der Waals surface area contributed by atoms with Crippen molar-refractivity contribution in [2.24, 2.45) is 0 Å². The Kier molecular flexibility index (Phi) is 8.52. The minimum absolute atomic E-state index is 0.0344. The molecular formula is C34H27ClF2N6O4. The number of aromatic nitrogens is 3. The Labute approximate surface area is 272 Å². The number of rotatable bonds is 8. The first kappa shape index (κ1) is 31.5. The summed E-state index contributed by atoms with van der Waals surface area (Å²) in [6, 6.07) is 14.3. The number of halogens is 3. The second kappa shape index (κ2) is 12.7. The van der Waals surface area contributed by atoms with E-state index < -0.39 is 29.4 Å². The molecule has 5 aromatic rings. The summed E-state index contributed by atoms with van der Waals surface area (Å²) in [6.45, 7) is 3.23. The molecule has 1 aliphatic carbocycles. The molecule has 0 saturated carbocycles. The summed E-state index contributed by atoms with van der Waals surface area (Å²) in [4.78, 5) is 56.9. The number of para-hydroxylation sites is 1. The fourth-order valence-corrected chi connectivity index (χ4v) is 5.90. The summed E-state index contributed by atoms with van der Waals surface area (Å²) in [5, 5.41) is 12.8. The summed E-state index contributed by atoms with van der Waals surface area (Å²) in [6.07, 6.45) is 2.47. The third-order valence-corrected chi connectivity index (χ3v) is 8.45. The number of hydrogen-bond donors (Lipinski definition) is 3. The van der Waals surface area contributed by atoms with E-state index in [4.69, 9.17) is 11.6 Å². The summed E-state index contributed by atoms with van der Waals surface area (Å²) in [7, 11) is 0. The highest BCUT2D eigenvalue weighted by Gasteiger charge is 2.29. The second-order valence-electron chi connectivity index (χ2n) is 11.1. The van der Waals surface area contributed by atoms with E-state index >= 15 is 0 Å². The summed E-state index contributed by atoms with van der Waals surface area (Å²) in [5.74, 6) is -4.08. The van der Waals surface area contributed by atoms with E-state index in [1.165, 1.54) is 29.8 Å². The van der Waals surface area contributed by atoms with Gasteiger partial charge in [0.15, 0.2) is 23.1 Å². The van der Waals surface area contributed by atoms with E-state index in [1.807, 2.05) is 13.0 Å². The number of benzene rings is 3. The van der Waals surface area contributed by atoms with E-state index in [0.29, 0.717) is 34.7 Å². The molecule has 3 aromatic carbocycles. The highest BCUT2D eigenvalue weighted by atomic mass is 35.5. The number of Topliss-reactive ketones (excluding diaryl/α,β-unsaturated/α-hetero) is 1. The second-order valence-corrected chi connectivity index (χ2v) is 11.5. The van der Waals surface area contributed by atoms with Crippen molar-refractivity contribution in [3.63, 3.8) is 0 Å². The van der Waals surface area contributed by atoms with Crippen LogP contribution in [0.1, 0.15) is 83.3 Å². The largest absolute Gasteiger partial charge is 0.347 e. The third-order valence-electron chi connectivity index (χ3n) is 8.12. The van der Waals surface area contributed by atoms with Crippen molar-refractivity contribution < 1.29 is 28.0 Å². The molecule has 0 bridgehead atoms. The molecule has 13 heteroatoms. The zero-order chi connectivity index (χ0) is 33.4. The molecule has 0 saturated heterocycles. The Balaban J connectivity index is 1.34. The molecule has 3 N–H and O–H groups in total. The van der Waals surface area contributed by atoms with Gasteiger partial charge in [0.1, 0.15) is 17.0 Å². The number of nitrogens with one attached hydrogen (secondary N) is 3. The monoisotopic (exact) mass is 656 g/mol. The van der Waals surface area contributed by atoms with Crippen molar-refractivity contribution >= 4 is 46.4 Å². The number of hydrogen-bond acceptors (Lipinski definition) is 6. The van der Waals surface area contributed by atoms with Crippen LogP contribution in [-0.4, -0.2) is 38.1 Å². The Bertz CT molecular complexity index is 2110. The van der Waals surface area contributed by atoms with Gasteiger partial charge in [-0.1, -0.05) is 41.9 Å². The van der Waals surface area contributed by atoms with Crippen LogP contribution in [0.4, 0.5) is 14.5 Å². The molecule has 6 rings (SSSR count). The van der Waals surface area contributed by atoms with Crippen molar-refractivity contribution in [1.82, 2.24) is 25.2 Å². The maximum Gasteiger partial charge on any atom is 0.270 e. The Morgan fingerprint density at radius 3 is 2.49 bits per heavy atom. The zero-order valence-corrected chi connectivity index (χ0v) is 25.9. The molecule has 238 valence electrons. The molecule has 1 atom stereocenters. The first-order chi connectivity index (χ1) is 22.5. The predicted molar refractivity (Wildman–Crippen MR) is 170 cm³/mol. The number of nitrogens with zero attached hydrogens (tertiary/aromatic N) is 3. The average molecular weight is 657 g/mol. The van der Waals surface area contributed by atoms with Crippen molar-refractivity contribution in [3.05, 3.63) is 128 Å². The molecule has 0 spiro atoms. The standard InChI is InChI=1S/C34H27ClF2N6O4/c1-17-20(18(2)44)8-9-22-21(17)10-12-27(22)41-34(47)30-14-29(33(46)38-15-19-7-11-25(36)26(37)13-19)40-31-23(16-39-43(30)31)32(45)42-28-6-4-3-5-24(28)35/h3-9,11,13-14,16,27H,10,12,15H2,1-2H3,(H,38,46)(H,41,47)(H,42,45)/t27-/m0/s1. The van der Waals surface area contributed by atoms with Crippen LogP contribution in [0.2, 0.25) is 5.02 Å². The molecule has 2 heterocycles. The predicted octanol–water partition coefficient (Wildman–Crippen LogP) is 5.77. The van der Waals surface area contributed by atoms with Gasteiger partial charge in [-0.15, -0.1) is 0 Å². The molecule has 47 heavy (non-hydrogen) atoms. The van der Waals surface area contributed by atoms with Crippen LogP contribution in [0.15, 0.2) is 66.9 Å². The van der Waals surface area contributed by atoms with Crippen molar-refractivity contribution in [2.45, 2.75) is 39.3 Å². The van der Waals surface area contributed by atoms with Crippen LogP contribution in [0.3, 0.4) is 0 Å². The van der Waals surface area contributed by atoms with Gasteiger partial charge in [0.05, 0.1) is 22.9 Å². The van der Waals surface area contributed by atoms with Gasteiger partial charge in [0.2, 0.25) is 0 Å². The maximum absolute atomic E-state index is 13.8. The van der Waals surface area contributed by atoms with Crippen molar-refractivity contribution in [2.75, 3.05) is 5.32 Å². The van der Waals surface area contributed by atoms with Crippen LogP contribution in [-0.2, 0) is 13.0 Å². The Hall–Kier alpha value is -5.49. The molecule has 0 radical (unpaired) electrons. The Morgan fingerprint density at radius 2 is 1.74 bits per heavy atom. The summed E-state index contributed by atoms with van der Waals surface area (Å²) in [5.41, 5.74) is 3.62. The van der Waals surface area contributed by atoms with Gasteiger partial charge in [-0.25, -0.2) is 18.3 Å². The molecule has 3 amide bonds. The van der Waals surface area contributed by atoms with Crippen LogP contribution in [0.5, 0.6) is 0 Å². The lowest BCUT2D eigenvalue weighted by molar-refractivity contribution is 0.0926. The maximum atomic E-state index is 13.8. The zero-order valence-electron chi connectivity index (χ0n) is 25.2. The van der Waals surface area contributed by atoms with Gasteiger partial charge in [0, 0.05) is 18.2 Å².